The van der Waals surface area contributed by atoms with Crippen LogP contribution in [0.25, 0.3) is 6.08 Å². The maximum Gasteiger partial charge on any atom is 0.273 e. The zero-order valence-electron chi connectivity index (χ0n) is 11.3. The van der Waals surface area contributed by atoms with Crippen LogP contribution in [-0.2, 0) is 4.79 Å². The Morgan fingerprint density at radius 2 is 1.95 bits per heavy atom. The fraction of sp³-hybridized carbons (Fsp3) is 0.0667. The van der Waals surface area contributed by atoms with E-state index in [9.17, 15) is 9.59 Å². The summed E-state index contributed by atoms with van der Waals surface area (Å²) < 4.78 is 5.08. The van der Waals surface area contributed by atoms with E-state index in [0.29, 0.717) is 11.3 Å². The molecular weight excluding hydrogens is 288 g/mol. The van der Waals surface area contributed by atoms with Gasteiger partial charge in [0.2, 0.25) is 0 Å². The number of nitrogens with one attached hydrogen (secondary N) is 2. The van der Waals surface area contributed by atoms with Crippen molar-refractivity contribution in [3.8, 4) is 5.75 Å². The van der Waals surface area contributed by atoms with Gasteiger partial charge in [-0.1, -0.05) is 18.2 Å². The Kier molecular flexibility index (Phi) is 5.11. The van der Waals surface area contributed by atoms with Crippen molar-refractivity contribution in [1.29, 1.82) is 0 Å². The Labute approximate surface area is 126 Å². The van der Waals surface area contributed by atoms with E-state index in [1.807, 2.05) is 17.5 Å². The highest BCUT2D eigenvalue weighted by Gasteiger charge is 2.11. The molecule has 21 heavy (non-hydrogen) atoms. The molecule has 0 unspecified atom stereocenters. The third kappa shape index (κ3) is 4.19. The zero-order chi connectivity index (χ0) is 15.1. The summed E-state index contributed by atoms with van der Waals surface area (Å²) in [4.78, 5) is 24.5. The number of benzene rings is 1. The van der Waals surface area contributed by atoms with E-state index in [4.69, 9.17) is 4.74 Å². The van der Waals surface area contributed by atoms with Gasteiger partial charge in [0.1, 0.15) is 5.75 Å². The van der Waals surface area contributed by atoms with E-state index < -0.39 is 11.8 Å². The van der Waals surface area contributed by atoms with Crippen molar-refractivity contribution in [2.75, 3.05) is 7.11 Å². The number of carbonyl (C=O) groups is 2. The first-order valence-corrected chi connectivity index (χ1v) is 7.03. The maximum atomic E-state index is 11.9. The molecule has 0 aliphatic rings. The molecule has 1 aromatic carbocycles. The van der Waals surface area contributed by atoms with Crippen LogP contribution >= 0.6 is 11.3 Å². The number of para-hydroxylation sites is 1. The molecule has 108 valence electrons. The molecule has 0 saturated carbocycles. The highest BCUT2D eigenvalue weighted by atomic mass is 32.1. The monoisotopic (exact) mass is 302 g/mol. The molecule has 2 aromatic rings. The lowest BCUT2D eigenvalue weighted by Gasteiger charge is -2.08. The summed E-state index contributed by atoms with van der Waals surface area (Å²) in [5.41, 5.74) is 5.01. The van der Waals surface area contributed by atoms with Crippen LogP contribution in [-0.4, -0.2) is 18.9 Å². The molecule has 0 aliphatic carbocycles. The molecule has 2 amide bonds. The smallest absolute Gasteiger partial charge is 0.273 e. The van der Waals surface area contributed by atoms with Crippen LogP contribution in [0.1, 0.15) is 15.2 Å². The Hall–Kier alpha value is -2.60. The van der Waals surface area contributed by atoms with E-state index in [1.54, 1.807) is 30.3 Å². The summed E-state index contributed by atoms with van der Waals surface area (Å²) >= 11 is 1.52. The molecule has 5 nitrogen and oxygen atoms in total. The number of hydrogen-bond acceptors (Lipinski definition) is 4. The Bertz CT molecular complexity index is 651. The molecule has 0 fully saturated rings. The molecular formula is C15H14N2O3S. The molecule has 0 bridgehead atoms. The van der Waals surface area contributed by atoms with Gasteiger partial charge in [0.25, 0.3) is 11.8 Å². The van der Waals surface area contributed by atoms with Crippen LogP contribution in [0.15, 0.2) is 47.9 Å². The van der Waals surface area contributed by atoms with E-state index in [-0.39, 0.29) is 0 Å². The third-order valence-electron chi connectivity index (χ3n) is 2.59. The van der Waals surface area contributed by atoms with Crippen molar-refractivity contribution in [3.05, 3.63) is 58.3 Å². The largest absolute Gasteiger partial charge is 0.496 e. The molecule has 0 radical (unpaired) electrons. The molecule has 6 heteroatoms. The first-order valence-electron chi connectivity index (χ1n) is 6.15. The lowest BCUT2D eigenvalue weighted by molar-refractivity contribution is -0.117. The molecule has 1 aromatic heterocycles. The minimum absolute atomic E-state index is 0.350. The molecule has 0 atom stereocenters. The molecule has 0 aliphatic heterocycles. The lowest BCUT2D eigenvalue weighted by atomic mass is 10.2. The average molecular weight is 302 g/mol. The fourth-order valence-electron chi connectivity index (χ4n) is 1.60. The normalized spacial score (nSPS) is 10.3. The number of amides is 2. The first kappa shape index (κ1) is 14.8. The molecule has 0 spiro atoms. The highest BCUT2D eigenvalue weighted by molar-refractivity contribution is 7.10. The molecule has 1 heterocycles. The Balaban J connectivity index is 1.90. The van der Waals surface area contributed by atoms with Crippen LogP contribution < -0.4 is 15.6 Å². The summed E-state index contributed by atoms with van der Waals surface area (Å²) in [7, 11) is 1.48. The van der Waals surface area contributed by atoms with Crippen LogP contribution in [0.4, 0.5) is 0 Å². The van der Waals surface area contributed by atoms with Crippen LogP contribution in [0, 0.1) is 0 Å². The van der Waals surface area contributed by atoms with Gasteiger partial charge in [0, 0.05) is 11.0 Å². The van der Waals surface area contributed by atoms with Gasteiger partial charge >= 0.3 is 0 Å². The summed E-state index contributed by atoms with van der Waals surface area (Å²) in [5.74, 6) is -0.407. The van der Waals surface area contributed by atoms with Crippen molar-refractivity contribution in [2.24, 2.45) is 0 Å². The molecule has 2 rings (SSSR count). The predicted molar refractivity (Wildman–Crippen MR) is 82.0 cm³/mol. The summed E-state index contributed by atoms with van der Waals surface area (Å²) in [6.07, 6.45) is 3.03. The summed E-state index contributed by atoms with van der Waals surface area (Å²) in [6.45, 7) is 0. The minimum Gasteiger partial charge on any atom is -0.496 e. The van der Waals surface area contributed by atoms with Gasteiger partial charge in [0.15, 0.2) is 0 Å². The number of ether oxygens (including phenoxy) is 1. The first-order chi connectivity index (χ1) is 10.2. The van der Waals surface area contributed by atoms with E-state index in [0.717, 1.165) is 4.88 Å². The van der Waals surface area contributed by atoms with Crippen LogP contribution in [0.3, 0.4) is 0 Å². The number of rotatable bonds is 4. The van der Waals surface area contributed by atoms with Gasteiger partial charge in [-0.3, -0.25) is 20.4 Å². The van der Waals surface area contributed by atoms with Gasteiger partial charge in [-0.25, -0.2) is 0 Å². The minimum atomic E-state index is -0.440. The maximum absolute atomic E-state index is 11.9. The number of hydrogen-bond donors (Lipinski definition) is 2. The van der Waals surface area contributed by atoms with Crippen molar-refractivity contribution in [2.45, 2.75) is 0 Å². The number of thiophene rings is 1. The Morgan fingerprint density at radius 3 is 2.67 bits per heavy atom. The fourth-order valence-corrected chi connectivity index (χ4v) is 2.22. The second-order valence-electron chi connectivity index (χ2n) is 3.99. The SMILES string of the molecule is COc1ccccc1C(=O)NNC(=O)/C=C/c1cccs1. The number of carbonyl (C=O) groups excluding carboxylic acids is 2. The standard InChI is InChI=1S/C15H14N2O3S/c1-20-13-7-3-2-6-12(13)15(19)17-16-14(18)9-8-11-5-4-10-21-11/h2-10H,1H3,(H,16,18)(H,17,19)/b9-8+. The quantitative estimate of drug-likeness (QED) is 0.672. The van der Waals surface area contributed by atoms with Crippen molar-refractivity contribution in [3.63, 3.8) is 0 Å². The van der Waals surface area contributed by atoms with E-state index >= 15 is 0 Å². The topological polar surface area (TPSA) is 67.4 Å². The molecule has 0 saturated heterocycles. The lowest BCUT2D eigenvalue weighted by Crippen LogP contribution is -2.40. The Morgan fingerprint density at radius 1 is 1.14 bits per heavy atom. The summed E-state index contributed by atoms with van der Waals surface area (Å²) in [6, 6.07) is 10.6. The van der Waals surface area contributed by atoms with Gasteiger partial charge in [0.05, 0.1) is 12.7 Å². The van der Waals surface area contributed by atoms with Crippen molar-refractivity contribution in [1.82, 2.24) is 10.9 Å². The van der Waals surface area contributed by atoms with Gasteiger partial charge in [-0.15, -0.1) is 11.3 Å². The average Bonchev–Trinajstić information content (AvgIpc) is 3.04. The zero-order valence-corrected chi connectivity index (χ0v) is 12.1. The van der Waals surface area contributed by atoms with E-state index in [1.165, 1.54) is 24.5 Å². The van der Waals surface area contributed by atoms with Crippen molar-refractivity contribution >= 4 is 29.2 Å². The van der Waals surface area contributed by atoms with Gasteiger partial charge in [-0.2, -0.15) is 0 Å². The highest BCUT2D eigenvalue weighted by Crippen LogP contribution is 2.16. The van der Waals surface area contributed by atoms with Crippen LogP contribution in [0.2, 0.25) is 0 Å². The molecule has 2 N–H and O–H groups in total. The summed E-state index contributed by atoms with van der Waals surface area (Å²) in [5, 5.41) is 1.92. The third-order valence-corrected chi connectivity index (χ3v) is 3.43. The van der Waals surface area contributed by atoms with E-state index in [2.05, 4.69) is 10.9 Å². The predicted octanol–water partition coefficient (Wildman–Crippen LogP) is 2.23. The second-order valence-corrected chi connectivity index (χ2v) is 4.97. The van der Waals surface area contributed by atoms with Gasteiger partial charge < -0.3 is 4.74 Å². The second kappa shape index (κ2) is 7.25. The van der Waals surface area contributed by atoms with Crippen molar-refractivity contribution < 1.29 is 14.3 Å². The number of hydrazine groups is 1. The number of methoxy groups -OCH3 is 1. The van der Waals surface area contributed by atoms with Crippen LogP contribution in [0.5, 0.6) is 5.75 Å². The van der Waals surface area contributed by atoms with Gasteiger partial charge in [-0.05, 0) is 29.7 Å².